The molecule has 61 valence electrons. The molecule has 0 heterocycles. The first-order valence-corrected chi connectivity index (χ1v) is 11.4. The van der Waals surface area contributed by atoms with Gasteiger partial charge in [-0.05, 0) is 0 Å². The van der Waals surface area contributed by atoms with Crippen molar-refractivity contribution in [3.63, 3.8) is 0 Å². The topological polar surface area (TPSA) is 0 Å². The van der Waals surface area contributed by atoms with Gasteiger partial charge in [-0.15, -0.1) is 55.4 Å². The fraction of sp³-hybridized carbons (Fsp3) is 1.00. The minimum Gasteiger partial charge on any atom is -0.146 e. The van der Waals surface area contributed by atoms with Crippen molar-refractivity contribution in [2.45, 2.75) is 18.5 Å². The summed E-state index contributed by atoms with van der Waals surface area (Å²) in [6, 6.07) is -2.65. The van der Waals surface area contributed by atoms with Crippen molar-refractivity contribution in [3.8, 4) is 0 Å². The van der Waals surface area contributed by atoms with Crippen LogP contribution in [0.5, 0.6) is 0 Å². The van der Waals surface area contributed by atoms with Gasteiger partial charge in [-0.25, -0.2) is 0 Å². The summed E-state index contributed by atoms with van der Waals surface area (Å²) in [6.07, 6.45) is 0.754. The highest BCUT2D eigenvalue weighted by Crippen LogP contribution is 2.40. The van der Waals surface area contributed by atoms with Gasteiger partial charge < -0.3 is 0 Å². The van der Waals surface area contributed by atoms with Gasteiger partial charge in [-0.2, -0.15) is 0 Å². The molecule has 0 aromatic heterocycles. The van der Waals surface area contributed by atoms with E-state index in [9.17, 15) is 0 Å². The Hall–Kier alpha value is 1.88. The second-order valence-corrected chi connectivity index (χ2v) is 15.6. The van der Waals surface area contributed by atoms with Crippen LogP contribution in [0.15, 0.2) is 0 Å². The van der Waals surface area contributed by atoms with Crippen molar-refractivity contribution in [1.29, 1.82) is 0 Å². The van der Waals surface area contributed by atoms with Crippen molar-refractivity contribution in [1.82, 2.24) is 0 Å². The van der Waals surface area contributed by atoms with Crippen LogP contribution in [0.1, 0.15) is 13.3 Å². The van der Waals surface area contributed by atoms with Crippen LogP contribution in [0.4, 0.5) is 0 Å². The highest BCUT2D eigenvalue weighted by atomic mass is 35.8. The maximum absolute atomic E-state index is 5.72. The lowest BCUT2D eigenvalue weighted by Gasteiger charge is -2.19. The molecule has 0 saturated carbocycles. The van der Waals surface area contributed by atoms with Gasteiger partial charge in [0.05, 0.1) is 0 Å². The molecule has 0 nitrogen and oxygen atoms in total. The molecule has 0 aromatic rings. The van der Waals surface area contributed by atoms with E-state index in [2.05, 4.69) is 0 Å². The SMILES string of the molecule is CCC([Si](Cl)Cl)[Si](Cl)(Cl)Cl. The molecule has 1 atom stereocenters. The Morgan fingerprint density at radius 1 is 1.30 bits per heavy atom. The lowest BCUT2D eigenvalue weighted by Crippen LogP contribution is -2.26. The zero-order valence-corrected chi connectivity index (χ0v) is 11.0. The second kappa shape index (κ2) is 4.80. The molecule has 0 fully saturated rings. The molecule has 0 bridgehead atoms. The van der Waals surface area contributed by atoms with E-state index in [0.29, 0.717) is 0 Å². The largest absolute Gasteiger partial charge is 0.344 e. The predicted molar refractivity (Wildman–Crippen MR) is 54.8 cm³/mol. The lowest BCUT2D eigenvalue weighted by atomic mass is 10.6. The number of halogens is 5. The first-order valence-electron chi connectivity index (χ1n) is 2.64. The van der Waals surface area contributed by atoms with Crippen LogP contribution in [0.3, 0.4) is 0 Å². The zero-order chi connectivity index (χ0) is 8.36. The quantitative estimate of drug-likeness (QED) is 0.541. The summed E-state index contributed by atoms with van der Waals surface area (Å²) in [5, 5.41) is -0.0640. The molecule has 7 heteroatoms. The molecule has 0 N–H and O–H groups in total. The van der Waals surface area contributed by atoms with Crippen LogP contribution in [0.2, 0.25) is 5.16 Å². The van der Waals surface area contributed by atoms with Crippen LogP contribution >= 0.6 is 55.4 Å². The minimum atomic E-state index is -2.65. The van der Waals surface area contributed by atoms with E-state index in [1.807, 2.05) is 6.92 Å². The van der Waals surface area contributed by atoms with Crippen molar-refractivity contribution >= 4 is 68.8 Å². The summed E-state index contributed by atoms with van der Waals surface area (Å²) < 4.78 is 0. The van der Waals surface area contributed by atoms with Crippen LogP contribution in [0, 0.1) is 0 Å². The minimum absolute atomic E-state index is 0.0640. The summed E-state index contributed by atoms with van der Waals surface area (Å²) in [4.78, 5) is 0. The Morgan fingerprint density at radius 2 is 1.70 bits per heavy atom. The Kier molecular flexibility index (Phi) is 5.70. The molecule has 0 spiro atoms. The van der Waals surface area contributed by atoms with Crippen molar-refractivity contribution < 1.29 is 0 Å². The monoisotopic (exact) mass is 273 g/mol. The molecule has 0 aromatic carbocycles. The van der Waals surface area contributed by atoms with E-state index >= 15 is 0 Å². The van der Waals surface area contributed by atoms with E-state index in [4.69, 9.17) is 55.4 Å². The van der Waals surface area contributed by atoms with Gasteiger partial charge >= 0.3 is 6.00 Å². The summed E-state index contributed by atoms with van der Waals surface area (Å²) >= 11 is 28.5. The lowest BCUT2D eigenvalue weighted by molar-refractivity contribution is 1.01. The predicted octanol–water partition coefficient (Wildman–Crippen LogP) is 3.93. The van der Waals surface area contributed by atoms with Crippen LogP contribution in [-0.4, -0.2) is 13.4 Å². The maximum Gasteiger partial charge on any atom is 0.344 e. The first-order chi connectivity index (χ1) is 4.39. The molecule has 0 saturated heterocycles. The molecular formula is C3H6Cl5Si2. The number of hydrogen-bond acceptors (Lipinski definition) is 0. The molecule has 1 unspecified atom stereocenters. The maximum atomic E-state index is 5.72. The Labute approximate surface area is 86.9 Å². The van der Waals surface area contributed by atoms with Crippen LogP contribution in [0.25, 0.3) is 0 Å². The molecule has 0 aliphatic rings. The molecule has 10 heavy (non-hydrogen) atoms. The van der Waals surface area contributed by atoms with E-state index in [0.717, 1.165) is 6.42 Å². The molecule has 1 radical (unpaired) electrons. The smallest absolute Gasteiger partial charge is 0.146 e. The van der Waals surface area contributed by atoms with Gasteiger partial charge in [0, 0.05) is 5.16 Å². The third-order valence-corrected chi connectivity index (χ3v) is 12.1. The first kappa shape index (κ1) is 11.9. The molecule has 0 aliphatic carbocycles. The Bertz CT molecular complexity index is 99.6. The van der Waals surface area contributed by atoms with Crippen molar-refractivity contribution in [2.24, 2.45) is 0 Å². The van der Waals surface area contributed by atoms with Crippen molar-refractivity contribution in [3.05, 3.63) is 0 Å². The number of hydrogen-bond donors (Lipinski definition) is 0. The fourth-order valence-corrected chi connectivity index (χ4v) is 13.5. The standard InChI is InChI=1S/C3H6Cl5Si2/c1-2-3(9(4)5)10(6,7)8/h3H,2H2,1H3. The van der Waals surface area contributed by atoms with Gasteiger partial charge in [0.25, 0.3) is 7.42 Å². The third-order valence-electron chi connectivity index (χ3n) is 1.07. The van der Waals surface area contributed by atoms with Gasteiger partial charge in [-0.3, -0.25) is 0 Å². The fourth-order valence-electron chi connectivity index (χ4n) is 0.509. The average Bonchev–Trinajstić information content (AvgIpc) is 1.60. The molecule has 0 amide bonds. The molecular weight excluding hydrogens is 269 g/mol. The summed E-state index contributed by atoms with van der Waals surface area (Å²) in [6.45, 7) is 1.93. The molecule has 0 aliphatic heterocycles. The Balaban J connectivity index is 4.07. The third kappa shape index (κ3) is 4.05. The summed E-state index contributed by atoms with van der Waals surface area (Å²) in [7, 11) is -1.47. The van der Waals surface area contributed by atoms with Crippen LogP contribution in [-0.2, 0) is 0 Å². The van der Waals surface area contributed by atoms with Crippen molar-refractivity contribution in [2.75, 3.05) is 0 Å². The summed E-state index contributed by atoms with van der Waals surface area (Å²) in [5.41, 5.74) is 0. The van der Waals surface area contributed by atoms with Gasteiger partial charge in [-0.1, -0.05) is 13.3 Å². The van der Waals surface area contributed by atoms with E-state index in [-0.39, 0.29) is 5.16 Å². The highest BCUT2D eigenvalue weighted by molar-refractivity contribution is 7.68. The number of rotatable bonds is 3. The zero-order valence-electron chi connectivity index (χ0n) is 5.17. The normalized spacial score (nSPS) is 15.9. The van der Waals surface area contributed by atoms with E-state index in [1.165, 1.54) is 0 Å². The van der Waals surface area contributed by atoms with Gasteiger partial charge in [0.2, 0.25) is 0 Å². The summed E-state index contributed by atoms with van der Waals surface area (Å²) in [5.74, 6) is 0. The average molecular weight is 276 g/mol. The molecule has 0 rings (SSSR count). The van der Waals surface area contributed by atoms with Crippen LogP contribution < -0.4 is 0 Å². The van der Waals surface area contributed by atoms with Gasteiger partial charge in [0.1, 0.15) is 0 Å². The van der Waals surface area contributed by atoms with E-state index in [1.54, 1.807) is 0 Å². The Morgan fingerprint density at radius 3 is 1.70 bits per heavy atom. The highest BCUT2D eigenvalue weighted by Gasteiger charge is 2.41. The van der Waals surface area contributed by atoms with Gasteiger partial charge in [0.15, 0.2) is 0 Å². The second-order valence-electron chi connectivity index (χ2n) is 1.79. The van der Waals surface area contributed by atoms with E-state index < -0.39 is 13.4 Å².